The Hall–Kier alpha value is -1.35. The molecule has 0 fully saturated rings. The average Bonchev–Trinajstić information content (AvgIpc) is 2.55. The lowest BCUT2D eigenvalue weighted by Crippen LogP contribution is -2.25. The largest absolute Gasteiger partial charge is 0.469 e. The van der Waals surface area contributed by atoms with Crippen LogP contribution in [-0.4, -0.2) is 13.1 Å². The highest BCUT2D eigenvalue weighted by molar-refractivity contribution is 5.75. The summed E-state index contributed by atoms with van der Waals surface area (Å²) in [6, 6.07) is 5.94. The molecule has 15 heavy (non-hydrogen) atoms. The van der Waals surface area contributed by atoms with Crippen LogP contribution in [-0.2, 0) is 16.0 Å². The number of hydrogen-bond donors (Lipinski definition) is 1. The van der Waals surface area contributed by atoms with Gasteiger partial charge in [0.2, 0.25) is 0 Å². The fourth-order valence-corrected chi connectivity index (χ4v) is 2.17. The van der Waals surface area contributed by atoms with Crippen molar-refractivity contribution in [3.05, 3.63) is 34.9 Å². The van der Waals surface area contributed by atoms with Crippen molar-refractivity contribution < 1.29 is 9.53 Å². The van der Waals surface area contributed by atoms with E-state index in [2.05, 4.69) is 6.07 Å². The van der Waals surface area contributed by atoms with E-state index in [1.54, 1.807) is 0 Å². The third kappa shape index (κ3) is 1.63. The molecule has 2 N–H and O–H groups in total. The maximum atomic E-state index is 11.5. The Morgan fingerprint density at radius 3 is 2.93 bits per heavy atom. The number of fused-ring (bicyclic) bond motifs is 1. The first-order valence-electron chi connectivity index (χ1n) is 5.06. The van der Waals surface area contributed by atoms with Gasteiger partial charge in [0.25, 0.3) is 0 Å². The summed E-state index contributed by atoms with van der Waals surface area (Å²) >= 11 is 0. The minimum absolute atomic E-state index is 0.212. The highest BCUT2D eigenvalue weighted by atomic mass is 16.5. The van der Waals surface area contributed by atoms with E-state index in [-0.39, 0.29) is 17.9 Å². The number of hydrogen-bond acceptors (Lipinski definition) is 3. The van der Waals surface area contributed by atoms with E-state index in [9.17, 15) is 4.79 Å². The predicted molar refractivity (Wildman–Crippen MR) is 57.3 cm³/mol. The third-order valence-electron chi connectivity index (χ3n) is 3.04. The summed E-state index contributed by atoms with van der Waals surface area (Å²) in [6.45, 7) is 2.03. The van der Waals surface area contributed by atoms with Crippen molar-refractivity contribution in [1.82, 2.24) is 0 Å². The number of aryl methyl sites for hydroxylation is 1. The van der Waals surface area contributed by atoms with Crippen molar-refractivity contribution in [2.24, 2.45) is 11.7 Å². The smallest absolute Gasteiger partial charge is 0.310 e. The summed E-state index contributed by atoms with van der Waals surface area (Å²) in [7, 11) is 1.41. The van der Waals surface area contributed by atoms with Gasteiger partial charge in [0.15, 0.2) is 0 Å². The standard InChI is InChI=1S/C12H15NO2/c1-7-3-4-8-6-10(12(14)15-2)11(13)9(8)5-7/h3-5,10-11H,6,13H2,1-2H3/t10-,11-/m1/s1. The summed E-state index contributed by atoms with van der Waals surface area (Å²) in [5, 5.41) is 0. The first kappa shape index (κ1) is 10.2. The molecule has 0 aliphatic heterocycles. The van der Waals surface area contributed by atoms with E-state index in [1.165, 1.54) is 18.2 Å². The summed E-state index contributed by atoms with van der Waals surface area (Å²) in [6.07, 6.45) is 0.698. The molecule has 3 nitrogen and oxygen atoms in total. The number of carbonyl (C=O) groups is 1. The number of carbonyl (C=O) groups excluding carboxylic acids is 1. The zero-order valence-electron chi connectivity index (χ0n) is 8.99. The number of nitrogens with two attached hydrogens (primary N) is 1. The van der Waals surface area contributed by atoms with Crippen LogP contribution in [0.2, 0.25) is 0 Å². The van der Waals surface area contributed by atoms with Crippen LogP contribution in [0.3, 0.4) is 0 Å². The van der Waals surface area contributed by atoms with Crippen LogP contribution < -0.4 is 5.73 Å². The number of rotatable bonds is 1. The molecular formula is C12H15NO2. The molecule has 2 atom stereocenters. The molecule has 1 aromatic rings. The maximum Gasteiger partial charge on any atom is 0.310 e. The normalized spacial score (nSPS) is 23.7. The van der Waals surface area contributed by atoms with Crippen LogP contribution in [0.1, 0.15) is 22.7 Å². The molecule has 2 rings (SSSR count). The fraction of sp³-hybridized carbons (Fsp3) is 0.417. The van der Waals surface area contributed by atoms with E-state index in [1.807, 2.05) is 19.1 Å². The van der Waals surface area contributed by atoms with Gasteiger partial charge in [-0.1, -0.05) is 23.8 Å². The fourth-order valence-electron chi connectivity index (χ4n) is 2.17. The summed E-state index contributed by atoms with van der Waals surface area (Å²) in [5.41, 5.74) is 9.47. The molecule has 3 heteroatoms. The van der Waals surface area contributed by atoms with Crippen LogP contribution in [0, 0.1) is 12.8 Å². The third-order valence-corrected chi connectivity index (χ3v) is 3.04. The van der Waals surface area contributed by atoms with Crippen molar-refractivity contribution in [2.45, 2.75) is 19.4 Å². The van der Waals surface area contributed by atoms with Crippen molar-refractivity contribution >= 4 is 5.97 Å². The van der Waals surface area contributed by atoms with Crippen molar-refractivity contribution in [1.29, 1.82) is 0 Å². The first-order valence-corrected chi connectivity index (χ1v) is 5.06. The second-order valence-corrected chi connectivity index (χ2v) is 4.06. The molecule has 1 aromatic carbocycles. The van der Waals surface area contributed by atoms with Gasteiger partial charge in [-0.25, -0.2) is 0 Å². The average molecular weight is 205 g/mol. The van der Waals surface area contributed by atoms with E-state index >= 15 is 0 Å². The minimum Gasteiger partial charge on any atom is -0.469 e. The van der Waals surface area contributed by atoms with Crippen LogP contribution in [0.4, 0.5) is 0 Å². The molecule has 80 valence electrons. The molecule has 0 radical (unpaired) electrons. The zero-order chi connectivity index (χ0) is 11.0. The van der Waals surface area contributed by atoms with Gasteiger partial charge in [-0.15, -0.1) is 0 Å². The van der Waals surface area contributed by atoms with E-state index in [0.717, 1.165) is 5.56 Å². The molecule has 0 saturated carbocycles. The Morgan fingerprint density at radius 2 is 2.27 bits per heavy atom. The molecule has 1 aliphatic rings. The highest BCUT2D eigenvalue weighted by Gasteiger charge is 2.35. The Morgan fingerprint density at radius 1 is 1.53 bits per heavy atom. The number of methoxy groups -OCH3 is 1. The number of esters is 1. The SMILES string of the molecule is COC(=O)[C@@H]1Cc2ccc(C)cc2[C@H]1N. The molecule has 0 bridgehead atoms. The minimum atomic E-state index is -0.216. The molecule has 1 aliphatic carbocycles. The quantitative estimate of drug-likeness (QED) is 0.704. The van der Waals surface area contributed by atoms with Crippen LogP contribution in [0.15, 0.2) is 18.2 Å². The van der Waals surface area contributed by atoms with E-state index < -0.39 is 0 Å². The lowest BCUT2D eigenvalue weighted by molar-refractivity contribution is -0.145. The Kier molecular flexibility index (Phi) is 2.49. The molecule has 0 unspecified atom stereocenters. The van der Waals surface area contributed by atoms with Gasteiger partial charge in [-0.05, 0) is 24.5 Å². The molecule has 0 spiro atoms. The summed E-state index contributed by atoms with van der Waals surface area (Å²) in [5.74, 6) is -0.428. The van der Waals surface area contributed by atoms with Gasteiger partial charge < -0.3 is 10.5 Å². The molecule has 0 saturated heterocycles. The Bertz CT molecular complexity index is 401. The van der Waals surface area contributed by atoms with Gasteiger partial charge in [0.05, 0.1) is 13.0 Å². The second-order valence-electron chi connectivity index (χ2n) is 4.06. The lowest BCUT2D eigenvalue weighted by atomic mass is 10.0. The highest BCUT2D eigenvalue weighted by Crippen LogP contribution is 2.35. The first-order chi connectivity index (χ1) is 7.13. The van der Waals surface area contributed by atoms with Gasteiger partial charge in [0.1, 0.15) is 0 Å². The van der Waals surface area contributed by atoms with Crippen molar-refractivity contribution in [3.63, 3.8) is 0 Å². The van der Waals surface area contributed by atoms with Crippen molar-refractivity contribution in [2.75, 3.05) is 7.11 Å². The van der Waals surface area contributed by atoms with Gasteiger partial charge in [-0.3, -0.25) is 4.79 Å². The lowest BCUT2D eigenvalue weighted by Gasteiger charge is -2.13. The number of ether oxygens (including phenoxy) is 1. The van der Waals surface area contributed by atoms with Crippen LogP contribution in [0.5, 0.6) is 0 Å². The monoisotopic (exact) mass is 205 g/mol. The van der Waals surface area contributed by atoms with Crippen LogP contribution >= 0.6 is 0 Å². The van der Waals surface area contributed by atoms with Gasteiger partial charge >= 0.3 is 5.97 Å². The zero-order valence-corrected chi connectivity index (χ0v) is 8.99. The van der Waals surface area contributed by atoms with E-state index in [0.29, 0.717) is 6.42 Å². The summed E-state index contributed by atoms with van der Waals surface area (Å²) in [4.78, 5) is 11.5. The van der Waals surface area contributed by atoms with Gasteiger partial charge in [-0.2, -0.15) is 0 Å². The summed E-state index contributed by atoms with van der Waals surface area (Å²) < 4.78 is 4.75. The molecule has 0 aromatic heterocycles. The molecule has 0 amide bonds. The molecule has 0 heterocycles. The number of benzene rings is 1. The predicted octanol–water partition coefficient (Wildman–Crippen LogP) is 1.34. The Balaban J connectivity index is 2.33. The Labute approximate surface area is 89.2 Å². The van der Waals surface area contributed by atoms with E-state index in [4.69, 9.17) is 10.5 Å². The maximum absolute atomic E-state index is 11.5. The molecular weight excluding hydrogens is 190 g/mol. The van der Waals surface area contributed by atoms with Crippen LogP contribution in [0.25, 0.3) is 0 Å². The van der Waals surface area contributed by atoms with Gasteiger partial charge in [0, 0.05) is 6.04 Å². The second kappa shape index (κ2) is 3.66. The van der Waals surface area contributed by atoms with Crippen molar-refractivity contribution in [3.8, 4) is 0 Å². The topological polar surface area (TPSA) is 52.3 Å².